The third-order valence-corrected chi connectivity index (χ3v) is 4.18. The Morgan fingerprint density at radius 1 is 1.07 bits per heavy atom. The lowest BCUT2D eigenvalue weighted by Gasteiger charge is -2.10. The second kappa shape index (κ2) is 9.15. The number of carbonyl (C=O) groups excluding carboxylic acids is 2. The fourth-order valence-corrected chi connectivity index (χ4v) is 2.70. The van der Waals surface area contributed by atoms with Crippen molar-refractivity contribution in [3.63, 3.8) is 0 Å². The molecule has 0 unspecified atom stereocenters. The van der Waals surface area contributed by atoms with Gasteiger partial charge in [-0.1, -0.05) is 30.3 Å². The summed E-state index contributed by atoms with van der Waals surface area (Å²) in [5, 5.41) is 14.6. The van der Waals surface area contributed by atoms with E-state index in [0.29, 0.717) is 22.6 Å². The molecule has 7 nitrogen and oxygen atoms in total. The van der Waals surface area contributed by atoms with E-state index < -0.39 is 5.91 Å². The van der Waals surface area contributed by atoms with Crippen molar-refractivity contribution in [2.75, 3.05) is 12.4 Å². The maximum Gasteiger partial charge on any atom is 0.274 e. The number of amides is 2. The van der Waals surface area contributed by atoms with Crippen LogP contribution in [0.4, 0.5) is 5.69 Å². The van der Waals surface area contributed by atoms with Gasteiger partial charge in [-0.25, -0.2) is 0 Å². The van der Waals surface area contributed by atoms with Gasteiger partial charge in [-0.2, -0.15) is 5.26 Å². The molecule has 0 aliphatic rings. The van der Waals surface area contributed by atoms with Crippen molar-refractivity contribution in [1.29, 1.82) is 5.26 Å². The van der Waals surface area contributed by atoms with Gasteiger partial charge in [0.2, 0.25) is 0 Å². The van der Waals surface area contributed by atoms with Gasteiger partial charge in [-0.3, -0.25) is 14.6 Å². The molecule has 0 spiro atoms. The number of ether oxygens (including phenoxy) is 1. The normalized spacial score (nSPS) is 9.93. The molecule has 0 saturated carbocycles. The third-order valence-electron chi connectivity index (χ3n) is 4.18. The average Bonchev–Trinajstić information content (AvgIpc) is 2.78. The number of carbonyl (C=O) groups is 2. The minimum Gasteiger partial charge on any atom is -0.496 e. The van der Waals surface area contributed by atoms with E-state index in [9.17, 15) is 9.59 Å². The molecule has 3 rings (SSSR count). The Labute approximate surface area is 168 Å². The fraction of sp³-hybridized carbons (Fsp3) is 0.0909. The van der Waals surface area contributed by atoms with Gasteiger partial charge in [0.1, 0.15) is 17.5 Å². The lowest BCUT2D eigenvalue weighted by atomic mass is 10.1. The molecular weight excluding hydrogens is 368 g/mol. The molecule has 1 heterocycles. The molecule has 2 aromatic carbocycles. The van der Waals surface area contributed by atoms with Crippen LogP contribution in [0.2, 0.25) is 0 Å². The van der Waals surface area contributed by atoms with Crippen molar-refractivity contribution in [2.24, 2.45) is 0 Å². The van der Waals surface area contributed by atoms with Gasteiger partial charge >= 0.3 is 0 Å². The molecule has 1 aromatic heterocycles. The number of methoxy groups -OCH3 is 1. The van der Waals surface area contributed by atoms with Crippen LogP contribution in [0, 0.1) is 11.3 Å². The molecule has 0 radical (unpaired) electrons. The van der Waals surface area contributed by atoms with Crippen LogP contribution in [0.15, 0.2) is 66.9 Å². The SMILES string of the molecule is COc1ccccc1CNC(=O)c1ccnc(C(=O)Nc2ccccc2C#N)c1. The zero-order chi connectivity index (χ0) is 20.6. The average molecular weight is 386 g/mol. The van der Waals surface area contributed by atoms with Gasteiger partial charge < -0.3 is 15.4 Å². The number of nitrogens with one attached hydrogen (secondary N) is 2. The number of nitriles is 1. The molecule has 144 valence electrons. The Balaban J connectivity index is 1.71. The van der Waals surface area contributed by atoms with Crippen LogP contribution in [0.3, 0.4) is 0 Å². The first-order valence-electron chi connectivity index (χ1n) is 8.79. The molecule has 2 amide bonds. The van der Waals surface area contributed by atoms with Crippen molar-refractivity contribution >= 4 is 17.5 Å². The minimum atomic E-state index is -0.507. The fourth-order valence-electron chi connectivity index (χ4n) is 2.70. The number of rotatable bonds is 6. The van der Waals surface area contributed by atoms with E-state index in [1.54, 1.807) is 31.4 Å². The van der Waals surface area contributed by atoms with Gasteiger partial charge in [-0.15, -0.1) is 0 Å². The number of pyridine rings is 1. The molecule has 7 heteroatoms. The minimum absolute atomic E-state index is 0.0719. The van der Waals surface area contributed by atoms with Crippen LogP contribution in [-0.4, -0.2) is 23.9 Å². The Bertz CT molecular complexity index is 1090. The van der Waals surface area contributed by atoms with Crippen LogP contribution in [-0.2, 0) is 6.54 Å². The first-order valence-corrected chi connectivity index (χ1v) is 8.79. The van der Waals surface area contributed by atoms with E-state index in [2.05, 4.69) is 15.6 Å². The van der Waals surface area contributed by atoms with Crippen molar-refractivity contribution in [3.05, 3.63) is 89.2 Å². The van der Waals surface area contributed by atoms with E-state index >= 15 is 0 Å². The van der Waals surface area contributed by atoms with E-state index in [1.165, 1.54) is 18.3 Å². The van der Waals surface area contributed by atoms with Gasteiger partial charge in [0, 0.05) is 23.9 Å². The van der Waals surface area contributed by atoms with E-state index in [1.807, 2.05) is 30.3 Å². The number of hydrogen-bond donors (Lipinski definition) is 2. The molecule has 0 aliphatic carbocycles. The third kappa shape index (κ3) is 4.76. The molecule has 3 aromatic rings. The number of aromatic nitrogens is 1. The predicted octanol–water partition coefficient (Wildman–Crippen LogP) is 3.14. The largest absolute Gasteiger partial charge is 0.496 e. The first kappa shape index (κ1) is 19.6. The van der Waals surface area contributed by atoms with Crippen molar-refractivity contribution < 1.29 is 14.3 Å². The number of hydrogen-bond acceptors (Lipinski definition) is 5. The monoisotopic (exact) mass is 386 g/mol. The summed E-state index contributed by atoms with van der Waals surface area (Å²) in [6, 6.07) is 19.0. The highest BCUT2D eigenvalue weighted by molar-refractivity contribution is 6.05. The van der Waals surface area contributed by atoms with Gasteiger partial charge in [0.25, 0.3) is 11.8 Å². The highest BCUT2D eigenvalue weighted by Crippen LogP contribution is 2.17. The van der Waals surface area contributed by atoms with Crippen molar-refractivity contribution in [2.45, 2.75) is 6.54 Å². The Hall–Kier alpha value is -4.18. The number of benzene rings is 2. The maximum absolute atomic E-state index is 12.5. The molecule has 2 N–H and O–H groups in total. The first-order chi connectivity index (χ1) is 14.1. The summed E-state index contributed by atoms with van der Waals surface area (Å²) in [5.41, 5.74) is 1.93. The van der Waals surface area contributed by atoms with E-state index in [-0.39, 0.29) is 18.1 Å². The maximum atomic E-state index is 12.5. The summed E-state index contributed by atoms with van der Waals surface area (Å²) in [4.78, 5) is 29.0. The summed E-state index contributed by atoms with van der Waals surface area (Å²) >= 11 is 0. The summed E-state index contributed by atoms with van der Waals surface area (Å²) < 4.78 is 5.27. The van der Waals surface area contributed by atoms with Crippen LogP contribution in [0.25, 0.3) is 0 Å². The van der Waals surface area contributed by atoms with E-state index in [4.69, 9.17) is 10.00 Å². The molecular formula is C22H18N4O3. The smallest absolute Gasteiger partial charge is 0.274 e. The molecule has 0 bridgehead atoms. The number of para-hydroxylation sites is 2. The Morgan fingerprint density at radius 2 is 1.83 bits per heavy atom. The zero-order valence-electron chi connectivity index (χ0n) is 15.7. The van der Waals surface area contributed by atoms with Gasteiger partial charge in [0.15, 0.2) is 0 Å². The topological polar surface area (TPSA) is 104 Å². The van der Waals surface area contributed by atoms with E-state index in [0.717, 1.165) is 5.56 Å². The molecule has 0 atom stereocenters. The number of anilines is 1. The number of nitrogens with zero attached hydrogens (tertiary/aromatic N) is 2. The zero-order valence-corrected chi connectivity index (χ0v) is 15.7. The summed E-state index contributed by atoms with van der Waals surface area (Å²) in [6.07, 6.45) is 1.39. The lowest BCUT2D eigenvalue weighted by Crippen LogP contribution is -2.24. The second-order valence-corrected chi connectivity index (χ2v) is 6.04. The lowest BCUT2D eigenvalue weighted by molar-refractivity contribution is 0.0950. The van der Waals surface area contributed by atoms with Gasteiger partial charge in [0.05, 0.1) is 18.4 Å². The highest BCUT2D eigenvalue weighted by Gasteiger charge is 2.14. The van der Waals surface area contributed by atoms with Crippen LogP contribution in [0.5, 0.6) is 5.75 Å². The molecule has 29 heavy (non-hydrogen) atoms. The predicted molar refractivity (Wildman–Crippen MR) is 108 cm³/mol. The van der Waals surface area contributed by atoms with Gasteiger partial charge in [-0.05, 0) is 30.3 Å². The Kier molecular flexibility index (Phi) is 6.18. The molecule has 0 fully saturated rings. The summed E-state index contributed by atoms with van der Waals surface area (Å²) in [6.45, 7) is 0.280. The highest BCUT2D eigenvalue weighted by atomic mass is 16.5. The van der Waals surface area contributed by atoms with Crippen LogP contribution in [0.1, 0.15) is 32.0 Å². The quantitative estimate of drug-likeness (QED) is 0.677. The van der Waals surface area contributed by atoms with Crippen LogP contribution >= 0.6 is 0 Å². The summed E-state index contributed by atoms with van der Waals surface area (Å²) in [7, 11) is 1.57. The Morgan fingerprint density at radius 3 is 2.62 bits per heavy atom. The van der Waals surface area contributed by atoms with Crippen molar-refractivity contribution in [3.8, 4) is 11.8 Å². The summed E-state index contributed by atoms with van der Waals surface area (Å²) in [5.74, 6) is -0.171. The van der Waals surface area contributed by atoms with Crippen molar-refractivity contribution in [1.82, 2.24) is 10.3 Å². The van der Waals surface area contributed by atoms with Crippen LogP contribution < -0.4 is 15.4 Å². The second-order valence-electron chi connectivity index (χ2n) is 6.04. The standard InChI is InChI=1S/C22H18N4O3/c1-29-20-9-5-3-7-17(20)14-25-21(27)15-10-11-24-19(12-15)22(28)26-18-8-4-2-6-16(18)13-23/h2-12H,14H2,1H3,(H,25,27)(H,26,28). The molecule has 0 aliphatic heterocycles. The molecule has 0 saturated heterocycles.